The SMILES string of the molecule is Cn1c(C(=O)N2CCN(CC(F)(F)F)CC2)cc2ccccc21. The van der Waals surface area contributed by atoms with E-state index in [0.29, 0.717) is 18.8 Å². The number of carbonyl (C=O) groups excluding carboxylic acids is 1. The highest BCUT2D eigenvalue weighted by molar-refractivity contribution is 5.98. The minimum absolute atomic E-state index is 0.129. The van der Waals surface area contributed by atoms with Crippen LogP contribution in [0.15, 0.2) is 30.3 Å². The molecule has 1 amide bonds. The highest BCUT2D eigenvalue weighted by atomic mass is 19.4. The molecule has 2 aromatic rings. The molecular weight excluding hydrogens is 307 g/mol. The third-order valence-corrected chi connectivity index (χ3v) is 4.23. The number of amides is 1. The van der Waals surface area contributed by atoms with Gasteiger partial charge in [0.15, 0.2) is 0 Å². The van der Waals surface area contributed by atoms with Gasteiger partial charge < -0.3 is 9.47 Å². The molecule has 3 rings (SSSR count). The summed E-state index contributed by atoms with van der Waals surface area (Å²) in [6.45, 7) is 0.209. The Morgan fingerprint density at radius 2 is 1.78 bits per heavy atom. The van der Waals surface area contributed by atoms with E-state index in [0.717, 1.165) is 10.9 Å². The third kappa shape index (κ3) is 3.34. The molecule has 7 heteroatoms. The number of aryl methyl sites for hydroxylation is 1. The summed E-state index contributed by atoms with van der Waals surface area (Å²) in [5.41, 5.74) is 1.53. The number of nitrogens with zero attached hydrogens (tertiary/aromatic N) is 3. The zero-order chi connectivity index (χ0) is 16.6. The Morgan fingerprint density at radius 1 is 1.13 bits per heavy atom. The van der Waals surface area contributed by atoms with Crippen LogP contribution in [0.4, 0.5) is 13.2 Å². The predicted molar refractivity (Wildman–Crippen MR) is 81.3 cm³/mol. The molecule has 23 heavy (non-hydrogen) atoms. The van der Waals surface area contributed by atoms with Gasteiger partial charge in [-0.1, -0.05) is 18.2 Å². The number of rotatable bonds is 2. The fraction of sp³-hybridized carbons (Fsp3) is 0.438. The molecular formula is C16H18F3N3O. The molecule has 1 aliphatic rings. The second kappa shape index (κ2) is 5.88. The first-order valence-electron chi connectivity index (χ1n) is 7.48. The van der Waals surface area contributed by atoms with Crippen molar-refractivity contribution in [3.05, 3.63) is 36.0 Å². The molecule has 0 N–H and O–H groups in total. The van der Waals surface area contributed by atoms with Crippen LogP contribution in [0.25, 0.3) is 10.9 Å². The van der Waals surface area contributed by atoms with Crippen LogP contribution < -0.4 is 0 Å². The van der Waals surface area contributed by atoms with Gasteiger partial charge in [0.2, 0.25) is 0 Å². The average Bonchev–Trinajstić information content (AvgIpc) is 2.83. The maximum absolute atomic E-state index is 12.6. The lowest BCUT2D eigenvalue weighted by molar-refractivity contribution is -0.148. The molecule has 0 aliphatic carbocycles. The largest absolute Gasteiger partial charge is 0.401 e. The number of aromatic nitrogens is 1. The van der Waals surface area contributed by atoms with Gasteiger partial charge in [-0.05, 0) is 12.1 Å². The Morgan fingerprint density at radius 3 is 2.39 bits per heavy atom. The molecule has 0 spiro atoms. The second-order valence-corrected chi connectivity index (χ2v) is 5.83. The number of para-hydroxylation sites is 1. The summed E-state index contributed by atoms with van der Waals surface area (Å²) >= 11 is 0. The van der Waals surface area contributed by atoms with Crippen LogP contribution in [0.2, 0.25) is 0 Å². The number of hydrogen-bond acceptors (Lipinski definition) is 2. The molecule has 1 aliphatic heterocycles. The molecule has 0 unspecified atom stereocenters. The minimum atomic E-state index is -4.19. The van der Waals surface area contributed by atoms with Gasteiger partial charge in [0, 0.05) is 44.1 Å². The van der Waals surface area contributed by atoms with Gasteiger partial charge >= 0.3 is 6.18 Å². The van der Waals surface area contributed by atoms with Crippen molar-refractivity contribution in [3.8, 4) is 0 Å². The van der Waals surface area contributed by atoms with Gasteiger partial charge in [-0.15, -0.1) is 0 Å². The highest BCUT2D eigenvalue weighted by Gasteiger charge is 2.33. The van der Waals surface area contributed by atoms with E-state index in [1.54, 1.807) is 4.90 Å². The van der Waals surface area contributed by atoms with Crippen LogP contribution >= 0.6 is 0 Å². The lowest BCUT2D eigenvalue weighted by Gasteiger charge is -2.35. The van der Waals surface area contributed by atoms with Crippen molar-refractivity contribution in [1.29, 1.82) is 0 Å². The standard InChI is InChI=1S/C16H18F3N3O/c1-20-13-5-3-2-4-12(13)10-14(20)15(23)22-8-6-21(7-9-22)11-16(17,18)19/h2-5,10H,6-9,11H2,1H3. The van der Waals surface area contributed by atoms with E-state index in [-0.39, 0.29) is 19.0 Å². The summed E-state index contributed by atoms with van der Waals surface area (Å²) in [5.74, 6) is -0.129. The van der Waals surface area contributed by atoms with Gasteiger partial charge in [0.1, 0.15) is 5.69 Å². The Labute approximate surface area is 132 Å². The highest BCUT2D eigenvalue weighted by Crippen LogP contribution is 2.21. The fourth-order valence-electron chi connectivity index (χ4n) is 3.02. The lowest BCUT2D eigenvalue weighted by atomic mass is 10.2. The number of carbonyl (C=O) groups is 1. The Bertz CT molecular complexity index is 715. The molecule has 4 nitrogen and oxygen atoms in total. The zero-order valence-corrected chi connectivity index (χ0v) is 12.8. The Hall–Kier alpha value is -2.02. The fourth-order valence-corrected chi connectivity index (χ4v) is 3.02. The number of alkyl halides is 3. The number of fused-ring (bicyclic) bond motifs is 1. The summed E-state index contributed by atoms with van der Waals surface area (Å²) < 4.78 is 39.1. The van der Waals surface area contributed by atoms with Gasteiger partial charge in [-0.3, -0.25) is 9.69 Å². The molecule has 0 atom stereocenters. The van der Waals surface area contributed by atoms with Crippen LogP contribution in [0.3, 0.4) is 0 Å². The van der Waals surface area contributed by atoms with Crippen molar-refractivity contribution in [2.45, 2.75) is 6.18 Å². The number of halogens is 3. The monoisotopic (exact) mass is 325 g/mol. The first kappa shape index (κ1) is 15.9. The van der Waals surface area contributed by atoms with Crippen LogP contribution in [0.1, 0.15) is 10.5 Å². The molecule has 1 aromatic heterocycles. The number of piperazine rings is 1. The third-order valence-electron chi connectivity index (χ3n) is 4.23. The molecule has 0 radical (unpaired) electrons. The maximum atomic E-state index is 12.6. The number of benzene rings is 1. The summed E-state index contributed by atoms with van der Waals surface area (Å²) in [4.78, 5) is 15.6. The Kier molecular flexibility index (Phi) is 4.06. The first-order chi connectivity index (χ1) is 10.8. The van der Waals surface area contributed by atoms with E-state index in [2.05, 4.69) is 0 Å². The quantitative estimate of drug-likeness (QED) is 0.849. The normalized spacial score (nSPS) is 17.0. The molecule has 1 saturated heterocycles. The van der Waals surface area contributed by atoms with E-state index in [9.17, 15) is 18.0 Å². The van der Waals surface area contributed by atoms with Crippen LogP contribution in [0, 0.1) is 0 Å². The Balaban J connectivity index is 1.70. The molecule has 0 saturated carbocycles. The number of hydrogen-bond donors (Lipinski definition) is 0. The minimum Gasteiger partial charge on any atom is -0.340 e. The molecule has 2 heterocycles. The van der Waals surface area contributed by atoms with Crippen LogP contribution in [0.5, 0.6) is 0 Å². The average molecular weight is 325 g/mol. The zero-order valence-electron chi connectivity index (χ0n) is 12.8. The van der Waals surface area contributed by atoms with Crippen molar-refractivity contribution in [3.63, 3.8) is 0 Å². The van der Waals surface area contributed by atoms with E-state index >= 15 is 0 Å². The lowest BCUT2D eigenvalue weighted by Crippen LogP contribution is -2.51. The molecule has 124 valence electrons. The first-order valence-corrected chi connectivity index (χ1v) is 7.48. The van der Waals surface area contributed by atoms with Crippen molar-refractivity contribution >= 4 is 16.8 Å². The van der Waals surface area contributed by atoms with E-state index < -0.39 is 12.7 Å². The summed E-state index contributed by atoms with van der Waals surface area (Å²) in [7, 11) is 1.83. The van der Waals surface area contributed by atoms with E-state index in [1.165, 1.54) is 4.90 Å². The van der Waals surface area contributed by atoms with Gasteiger partial charge in [-0.2, -0.15) is 13.2 Å². The maximum Gasteiger partial charge on any atom is 0.401 e. The van der Waals surface area contributed by atoms with E-state index in [1.807, 2.05) is 41.9 Å². The summed E-state index contributed by atoms with van der Waals surface area (Å²) in [6, 6.07) is 9.53. The molecule has 1 fully saturated rings. The van der Waals surface area contributed by atoms with Gasteiger partial charge in [0.25, 0.3) is 5.91 Å². The summed E-state index contributed by atoms with van der Waals surface area (Å²) in [6.07, 6.45) is -4.19. The van der Waals surface area contributed by atoms with Crippen molar-refractivity contribution < 1.29 is 18.0 Å². The molecule has 1 aromatic carbocycles. The van der Waals surface area contributed by atoms with E-state index in [4.69, 9.17) is 0 Å². The second-order valence-electron chi connectivity index (χ2n) is 5.83. The van der Waals surface area contributed by atoms with Crippen LogP contribution in [-0.2, 0) is 7.05 Å². The summed E-state index contributed by atoms with van der Waals surface area (Å²) in [5, 5.41) is 0.981. The van der Waals surface area contributed by atoms with Crippen molar-refractivity contribution in [1.82, 2.24) is 14.4 Å². The van der Waals surface area contributed by atoms with Gasteiger partial charge in [-0.25, -0.2) is 0 Å². The topological polar surface area (TPSA) is 28.5 Å². The predicted octanol–water partition coefficient (Wildman–Crippen LogP) is 2.50. The van der Waals surface area contributed by atoms with Crippen molar-refractivity contribution in [2.75, 3.05) is 32.7 Å². The van der Waals surface area contributed by atoms with Crippen molar-refractivity contribution in [2.24, 2.45) is 7.05 Å². The molecule has 0 bridgehead atoms. The van der Waals surface area contributed by atoms with Crippen LogP contribution in [-0.4, -0.2) is 59.2 Å². The van der Waals surface area contributed by atoms with Gasteiger partial charge in [0.05, 0.1) is 6.54 Å². The smallest absolute Gasteiger partial charge is 0.340 e.